The van der Waals surface area contributed by atoms with Crippen molar-refractivity contribution in [3.63, 3.8) is 0 Å². The number of pyridine rings is 1. The standard InChI is InChI=1S/C12H17N3O/c16-12(14-11-6-5-7-13-10-11)15-8-3-1-2-4-9-15/h5-7,10H,1-4,8-9H2,(H,14,16). The highest BCUT2D eigenvalue weighted by atomic mass is 16.2. The van der Waals surface area contributed by atoms with E-state index in [-0.39, 0.29) is 6.03 Å². The van der Waals surface area contributed by atoms with Gasteiger partial charge < -0.3 is 10.2 Å². The van der Waals surface area contributed by atoms with E-state index < -0.39 is 0 Å². The van der Waals surface area contributed by atoms with Gasteiger partial charge in [-0.3, -0.25) is 4.98 Å². The molecule has 2 heterocycles. The van der Waals surface area contributed by atoms with Crippen LogP contribution >= 0.6 is 0 Å². The molecule has 1 aromatic heterocycles. The third-order valence-electron chi connectivity index (χ3n) is 2.81. The van der Waals surface area contributed by atoms with Gasteiger partial charge in [-0.1, -0.05) is 12.8 Å². The number of likely N-dealkylation sites (tertiary alicyclic amines) is 1. The van der Waals surface area contributed by atoms with Crippen molar-refractivity contribution in [2.45, 2.75) is 25.7 Å². The maximum atomic E-state index is 11.9. The van der Waals surface area contributed by atoms with Gasteiger partial charge in [0.05, 0.1) is 11.9 Å². The molecule has 1 aliphatic rings. The lowest BCUT2D eigenvalue weighted by molar-refractivity contribution is 0.214. The molecule has 2 amide bonds. The second-order valence-corrected chi connectivity index (χ2v) is 4.07. The quantitative estimate of drug-likeness (QED) is 0.788. The second-order valence-electron chi connectivity index (χ2n) is 4.07. The van der Waals surface area contributed by atoms with Crippen molar-refractivity contribution in [1.82, 2.24) is 9.88 Å². The number of amides is 2. The van der Waals surface area contributed by atoms with Crippen molar-refractivity contribution in [3.8, 4) is 0 Å². The largest absolute Gasteiger partial charge is 0.325 e. The smallest absolute Gasteiger partial charge is 0.321 e. The van der Waals surface area contributed by atoms with E-state index in [4.69, 9.17) is 0 Å². The van der Waals surface area contributed by atoms with E-state index in [1.54, 1.807) is 12.4 Å². The molecular weight excluding hydrogens is 202 g/mol. The van der Waals surface area contributed by atoms with Crippen LogP contribution in [0.1, 0.15) is 25.7 Å². The molecule has 4 heteroatoms. The van der Waals surface area contributed by atoms with E-state index in [1.807, 2.05) is 17.0 Å². The van der Waals surface area contributed by atoms with E-state index in [1.165, 1.54) is 12.8 Å². The molecule has 0 spiro atoms. The molecule has 1 saturated heterocycles. The molecule has 0 radical (unpaired) electrons. The SMILES string of the molecule is O=C(Nc1cccnc1)N1CCCCCC1. The zero-order valence-electron chi connectivity index (χ0n) is 9.35. The summed E-state index contributed by atoms with van der Waals surface area (Å²) in [6.45, 7) is 1.73. The topological polar surface area (TPSA) is 45.2 Å². The van der Waals surface area contributed by atoms with E-state index in [0.29, 0.717) is 0 Å². The van der Waals surface area contributed by atoms with Gasteiger partial charge in [0, 0.05) is 19.3 Å². The van der Waals surface area contributed by atoms with Crippen LogP contribution in [0.25, 0.3) is 0 Å². The molecule has 0 unspecified atom stereocenters. The normalized spacial score (nSPS) is 16.6. The minimum Gasteiger partial charge on any atom is -0.325 e. The van der Waals surface area contributed by atoms with Gasteiger partial charge in [0.2, 0.25) is 0 Å². The molecular formula is C12H17N3O. The van der Waals surface area contributed by atoms with Crippen LogP contribution < -0.4 is 5.32 Å². The van der Waals surface area contributed by atoms with E-state index in [0.717, 1.165) is 31.6 Å². The van der Waals surface area contributed by atoms with Crippen LogP contribution in [-0.2, 0) is 0 Å². The van der Waals surface area contributed by atoms with Gasteiger partial charge in [-0.15, -0.1) is 0 Å². The van der Waals surface area contributed by atoms with E-state index >= 15 is 0 Å². The summed E-state index contributed by atoms with van der Waals surface area (Å²) < 4.78 is 0. The highest BCUT2D eigenvalue weighted by molar-refractivity contribution is 5.89. The Kier molecular flexibility index (Phi) is 3.75. The first-order valence-electron chi connectivity index (χ1n) is 5.82. The zero-order valence-corrected chi connectivity index (χ0v) is 9.35. The number of anilines is 1. The van der Waals surface area contributed by atoms with Crippen molar-refractivity contribution in [2.75, 3.05) is 18.4 Å². The summed E-state index contributed by atoms with van der Waals surface area (Å²) in [5, 5.41) is 2.86. The Morgan fingerprint density at radius 2 is 2.00 bits per heavy atom. The van der Waals surface area contributed by atoms with Gasteiger partial charge in [-0.2, -0.15) is 0 Å². The number of nitrogens with zero attached hydrogens (tertiary/aromatic N) is 2. The fourth-order valence-electron chi connectivity index (χ4n) is 1.91. The summed E-state index contributed by atoms with van der Waals surface area (Å²) in [6, 6.07) is 3.66. The van der Waals surface area contributed by atoms with Gasteiger partial charge in [-0.05, 0) is 25.0 Å². The third kappa shape index (κ3) is 2.95. The molecule has 0 aromatic carbocycles. The van der Waals surface area contributed by atoms with Crippen molar-refractivity contribution in [2.24, 2.45) is 0 Å². The summed E-state index contributed by atoms with van der Waals surface area (Å²) in [6.07, 6.45) is 8.05. The molecule has 0 aliphatic carbocycles. The Balaban J connectivity index is 1.92. The summed E-state index contributed by atoms with van der Waals surface area (Å²) in [5.74, 6) is 0. The number of nitrogens with one attached hydrogen (secondary N) is 1. The van der Waals surface area contributed by atoms with Crippen LogP contribution in [0.3, 0.4) is 0 Å². The van der Waals surface area contributed by atoms with Crippen molar-refractivity contribution in [1.29, 1.82) is 0 Å². The van der Waals surface area contributed by atoms with Gasteiger partial charge in [-0.25, -0.2) is 4.79 Å². The summed E-state index contributed by atoms with van der Waals surface area (Å²) in [7, 11) is 0. The highest BCUT2D eigenvalue weighted by Crippen LogP contribution is 2.11. The van der Waals surface area contributed by atoms with Crippen LogP contribution in [0.5, 0.6) is 0 Å². The lowest BCUT2D eigenvalue weighted by Crippen LogP contribution is -2.35. The molecule has 86 valence electrons. The fraction of sp³-hybridized carbons (Fsp3) is 0.500. The first-order chi connectivity index (χ1) is 7.86. The number of aromatic nitrogens is 1. The van der Waals surface area contributed by atoms with Gasteiger partial charge in [0.1, 0.15) is 0 Å². The number of urea groups is 1. The molecule has 16 heavy (non-hydrogen) atoms. The number of rotatable bonds is 1. The maximum absolute atomic E-state index is 11.9. The fourth-order valence-corrected chi connectivity index (χ4v) is 1.91. The first kappa shape index (κ1) is 10.9. The lowest BCUT2D eigenvalue weighted by atomic mass is 10.2. The molecule has 1 aromatic rings. The Morgan fingerprint density at radius 3 is 2.62 bits per heavy atom. The Hall–Kier alpha value is -1.58. The Labute approximate surface area is 95.7 Å². The molecule has 2 rings (SSSR count). The Morgan fingerprint density at radius 1 is 1.25 bits per heavy atom. The van der Waals surface area contributed by atoms with Gasteiger partial charge in [0.25, 0.3) is 0 Å². The number of hydrogen-bond donors (Lipinski definition) is 1. The average molecular weight is 219 g/mol. The van der Waals surface area contributed by atoms with Crippen molar-refractivity contribution < 1.29 is 4.79 Å². The summed E-state index contributed by atoms with van der Waals surface area (Å²) in [5.41, 5.74) is 0.761. The van der Waals surface area contributed by atoms with Crippen molar-refractivity contribution >= 4 is 11.7 Å². The monoisotopic (exact) mass is 219 g/mol. The zero-order chi connectivity index (χ0) is 11.2. The Bertz CT molecular complexity index is 331. The molecule has 1 N–H and O–H groups in total. The molecule has 4 nitrogen and oxygen atoms in total. The number of carbonyl (C=O) groups is 1. The van der Waals surface area contributed by atoms with E-state index in [2.05, 4.69) is 10.3 Å². The predicted octanol–water partition coefficient (Wildman–Crippen LogP) is 2.49. The minimum absolute atomic E-state index is 0.00472. The molecule has 0 atom stereocenters. The van der Waals surface area contributed by atoms with Crippen LogP contribution in [-0.4, -0.2) is 29.0 Å². The lowest BCUT2D eigenvalue weighted by Gasteiger charge is -2.20. The predicted molar refractivity (Wildman–Crippen MR) is 63.3 cm³/mol. The maximum Gasteiger partial charge on any atom is 0.321 e. The summed E-state index contributed by atoms with van der Waals surface area (Å²) in [4.78, 5) is 17.8. The molecule has 1 aliphatic heterocycles. The van der Waals surface area contributed by atoms with Gasteiger partial charge >= 0.3 is 6.03 Å². The summed E-state index contributed by atoms with van der Waals surface area (Å²) >= 11 is 0. The molecule has 1 fully saturated rings. The van der Waals surface area contributed by atoms with Crippen LogP contribution in [0, 0.1) is 0 Å². The third-order valence-corrected chi connectivity index (χ3v) is 2.81. The highest BCUT2D eigenvalue weighted by Gasteiger charge is 2.14. The molecule has 0 saturated carbocycles. The molecule has 0 bridgehead atoms. The van der Waals surface area contributed by atoms with E-state index in [9.17, 15) is 4.79 Å². The van der Waals surface area contributed by atoms with Gasteiger partial charge in [0.15, 0.2) is 0 Å². The average Bonchev–Trinajstić information content (AvgIpc) is 2.59. The van der Waals surface area contributed by atoms with Crippen molar-refractivity contribution in [3.05, 3.63) is 24.5 Å². The second kappa shape index (κ2) is 5.49. The minimum atomic E-state index is -0.00472. The van der Waals surface area contributed by atoms with Crippen LogP contribution in [0.4, 0.5) is 10.5 Å². The number of hydrogen-bond acceptors (Lipinski definition) is 2. The van der Waals surface area contributed by atoms with Crippen LogP contribution in [0.15, 0.2) is 24.5 Å². The van der Waals surface area contributed by atoms with Crippen LogP contribution in [0.2, 0.25) is 0 Å². The first-order valence-corrected chi connectivity index (χ1v) is 5.82. The number of carbonyl (C=O) groups excluding carboxylic acids is 1.